The lowest BCUT2D eigenvalue weighted by Gasteiger charge is -2.27. The Hall–Kier alpha value is -1.09. The smallest absolute Gasteiger partial charge is 0.253 e. The Morgan fingerprint density at radius 2 is 2.22 bits per heavy atom. The van der Waals surface area contributed by atoms with Crippen LogP contribution in [0.15, 0.2) is 23.1 Å². The zero-order valence-electron chi connectivity index (χ0n) is 11.3. The molecule has 1 aromatic heterocycles. The molecule has 3 heteroatoms. The molecule has 1 N–H and O–H groups in total. The maximum atomic E-state index is 12.4. The molecule has 1 heterocycles. The van der Waals surface area contributed by atoms with Gasteiger partial charge in [0.1, 0.15) is 0 Å². The van der Waals surface area contributed by atoms with Gasteiger partial charge < -0.3 is 9.67 Å². The highest BCUT2D eigenvalue weighted by atomic mass is 16.3. The van der Waals surface area contributed by atoms with Crippen molar-refractivity contribution in [3.05, 3.63) is 34.2 Å². The summed E-state index contributed by atoms with van der Waals surface area (Å²) in [6.07, 6.45) is 6.05. The van der Waals surface area contributed by atoms with Gasteiger partial charge in [-0.15, -0.1) is 0 Å². The maximum Gasteiger partial charge on any atom is 0.253 e. The van der Waals surface area contributed by atoms with E-state index in [-0.39, 0.29) is 17.7 Å². The highest BCUT2D eigenvalue weighted by Crippen LogP contribution is 2.27. The van der Waals surface area contributed by atoms with Gasteiger partial charge in [0.15, 0.2) is 0 Å². The fraction of sp³-hybridized carbons (Fsp3) is 0.667. The fourth-order valence-electron chi connectivity index (χ4n) is 2.83. The summed E-state index contributed by atoms with van der Waals surface area (Å²) in [6, 6.07) is 4.06. The fourth-order valence-corrected chi connectivity index (χ4v) is 2.83. The average molecular weight is 249 g/mol. The van der Waals surface area contributed by atoms with Gasteiger partial charge >= 0.3 is 0 Å². The summed E-state index contributed by atoms with van der Waals surface area (Å²) in [5.74, 6) is 0.491. The minimum Gasteiger partial charge on any atom is -0.393 e. The molecule has 3 nitrogen and oxygen atoms in total. The van der Waals surface area contributed by atoms with E-state index in [1.807, 2.05) is 22.9 Å². The summed E-state index contributed by atoms with van der Waals surface area (Å²) in [5, 5.41) is 9.73. The van der Waals surface area contributed by atoms with Crippen LogP contribution in [0.4, 0.5) is 0 Å². The topological polar surface area (TPSA) is 42.2 Å². The molecule has 1 saturated carbocycles. The van der Waals surface area contributed by atoms with Crippen LogP contribution in [0, 0.1) is 5.92 Å². The van der Waals surface area contributed by atoms with Gasteiger partial charge in [0, 0.05) is 17.8 Å². The molecule has 2 rings (SSSR count). The van der Waals surface area contributed by atoms with Crippen molar-refractivity contribution in [3.8, 4) is 0 Å². The number of hydrogen-bond acceptors (Lipinski definition) is 2. The second kappa shape index (κ2) is 5.70. The van der Waals surface area contributed by atoms with Crippen molar-refractivity contribution >= 4 is 0 Å². The number of aliphatic hydroxyl groups excluding tert-OH is 1. The number of aliphatic hydroxyl groups is 1. The summed E-state index contributed by atoms with van der Waals surface area (Å²) in [5.41, 5.74) is 1.03. The minimum absolute atomic E-state index is 0.130. The molecular weight excluding hydrogens is 226 g/mol. The molecule has 2 atom stereocenters. The number of aromatic nitrogens is 1. The van der Waals surface area contributed by atoms with Crippen molar-refractivity contribution in [2.24, 2.45) is 5.92 Å². The normalized spacial score (nSPS) is 24.4. The molecule has 1 fully saturated rings. The van der Waals surface area contributed by atoms with Crippen molar-refractivity contribution in [2.75, 3.05) is 0 Å². The standard InChI is InChI=1S/C15H23NO2/c1-11(2)9-12-5-4-8-16(15(12)18)13-6-3-7-14(17)10-13/h4-5,8,11,13-14,17H,3,6-7,9-10H2,1-2H3/t13-,14-/m0/s1. The average Bonchev–Trinajstić information content (AvgIpc) is 2.31. The molecule has 18 heavy (non-hydrogen) atoms. The Morgan fingerprint density at radius 1 is 1.44 bits per heavy atom. The van der Waals surface area contributed by atoms with Gasteiger partial charge in [-0.05, 0) is 44.1 Å². The Morgan fingerprint density at radius 3 is 2.89 bits per heavy atom. The predicted molar refractivity (Wildman–Crippen MR) is 72.8 cm³/mol. The van der Waals surface area contributed by atoms with E-state index in [0.29, 0.717) is 12.3 Å². The van der Waals surface area contributed by atoms with Crippen LogP contribution in [0.5, 0.6) is 0 Å². The van der Waals surface area contributed by atoms with Gasteiger partial charge in [0.25, 0.3) is 5.56 Å². The van der Waals surface area contributed by atoms with Gasteiger partial charge in [-0.25, -0.2) is 0 Å². The van der Waals surface area contributed by atoms with Gasteiger partial charge in [0.2, 0.25) is 0 Å². The third-order valence-electron chi connectivity index (χ3n) is 3.69. The van der Waals surface area contributed by atoms with Crippen LogP contribution in [0.2, 0.25) is 0 Å². The number of nitrogens with zero attached hydrogens (tertiary/aromatic N) is 1. The monoisotopic (exact) mass is 249 g/mol. The highest BCUT2D eigenvalue weighted by Gasteiger charge is 2.22. The van der Waals surface area contributed by atoms with Crippen LogP contribution in [0.3, 0.4) is 0 Å². The van der Waals surface area contributed by atoms with E-state index in [4.69, 9.17) is 0 Å². The van der Waals surface area contributed by atoms with Crippen LogP contribution in [-0.4, -0.2) is 15.8 Å². The second-order valence-corrected chi connectivity index (χ2v) is 5.82. The maximum absolute atomic E-state index is 12.4. The van der Waals surface area contributed by atoms with Crippen LogP contribution in [-0.2, 0) is 6.42 Å². The van der Waals surface area contributed by atoms with E-state index in [1.54, 1.807) is 0 Å². The molecule has 0 amide bonds. The Balaban J connectivity index is 2.25. The summed E-state index contributed by atoms with van der Waals surface area (Å²) in [6.45, 7) is 4.25. The predicted octanol–water partition coefficient (Wildman–Crippen LogP) is 2.52. The SMILES string of the molecule is CC(C)Cc1cccn([C@H]2CCC[C@H](O)C2)c1=O. The van der Waals surface area contributed by atoms with Gasteiger partial charge in [-0.3, -0.25) is 4.79 Å². The third-order valence-corrected chi connectivity index (χ3v) is 3.69. The van der Waals surface area contributed by atoms with Crippen LogP contribution >= 0.6 is 0 Å². The highest BCUT2D eigenvalue weighted by molar-refractivity contribution is 5.12. The van der Waals surface area contributed by atoms with E-state index in [0.717, 1.165) is 31.2 Å². The largest absolute Gasteiger partial charge is 0.393 e. The molecule has 1 aliphatic rings. The third kappa shape index (κ3) is 3.02. The summed E-state index contributed by atoms with van der Waals surface area (Å²) in [4.78, 5) is 12.4. The van der Waals surface area contributed by atoms with Gasteiger partial charge in [-0.1, -0.05) is 19.9 Å². The van der Waals surface area contributed by atoms with Crippen molar-refractivity contribution in [3.63, 3.8) is 0 Å². The summed E-state index contributed by atoms with van der Waals surface area (Å²) < 4.78 is 1.83. The molecular formula is C15H23NO2. The van der Waals surface area contributed by atoms with E-state index in [9.17, 15) is 9.90 Å². The molecule has 0 unspecified atom stereocenters. The molecule has 100 valence electrons. The molecule has 0 spiro atoms. The molecule has 0 saturated heterocycles. The van der Waals surface area contributed by atoms with E-state index >= 15 is 0 Å². The molecule has 0 aliphatic heterocycles. The van der Waals surface area contributed by atoms with Crippen LogP contribution in [0.25, 0.3) is 0 Å². The van der Waals surface area contributed by atoms with Crippen LogP contribution < -0.4 is 5.56 Å². The van der Waals surface area contributed by atoms with Crippen molar-refractivity contribution in [1.29, 1.82) is 0 Å². The number of hydrogen-bond donors (Lipinski definition) is 1. The van der Waals surface area contributed by atoms with Crippen molar-refractivity contribution in [2.45, 2.75) is 58.1 Å². The number of rotatable bonds is 3. The zero-order chi connectivity index (χ0) is 13.1. The molecule has 1 aromatic rings. The van der Waals surface area contributed by atoms with Crippen LogP contribution in [0.1, 0.15) is 51.1 Å². The Labute approximate surface area is 108 Å². The van der Waals surface area contributed by atoms with Crippen molar-refractivity contribution < 1.29 is 5.11 Å². The number of pyridine rings is 1. The first kappa shape index (κ1) is 13.3. The first-order chi connectivity index (χ1) is 8.58. The molecule has 1 aliphatic carbocycles. The quantitative estimate of drug-likeness (QED) is 0.894. The summed E-state index contributed by atoms with van der Waals surface area (Å²) >= 11 is 0. The lowest BCUT2D eigenvalue weighted by molar-refractivity contribution is 0.103. The first-order valence-electron chi connectivity index (χ1n) is 6.96. The van der Waals surface area contributed by atoms with E-state index in [1.165, 1.54) is 0 Å². The lowest BCUT2D eigenvalue weighted by atomic mass is 9.92. The Kier molecular flexibility index (Phi) is 4.23. The Bertz CT molecular complexity index is 450. The zero-order valence-corrected chi connectivity index (χ0v) is 11.3. The van der Waals surface area contributed by atoms with Gasteiger partial charge in [0.05, 0.1) is 6.10 Å². The minimum atomic E-state index is -0.246. The molecule has 0 aromatic carbocycles. The second-order valence-electron chi connectivity index (χ2n) is 5.82. The van der Waals surface area contributed by atoms with Crippen molar-refractivity contribution in [1.82, 2.24) is 4.57 Å². The molecule has 0 bridgehead atoms. The van der Waals surface area contributed by atoms with E-state index in [2.05, 4.69) is 13.8 Å². The van der Waals surface area contributed by atoms with E-state index < -0.39 is 0 Å². The van der Waals surface area contributed by atoms with Gasteiger partial charge in [-0.2, -0.15) is 0 Å². The summed E-state index contributed by atoms with van der Waals surface area (Å²) in [7, 11) is 0. The first-order valence-corrected chi connectivity index (χ1v) is 6.96. The molecule has 0 radical (unpaired) electrons. The lowest BCUT2D eigenvalue weighted by Crippen LogP contribution is -2.31.